The van der Waals surface area contributed by atoms with Gasteiger partial charge in [0.2, 0.25) is 5.67 Å². The van der Waals surface area contributed by atoms with Crippen LogP contribution in [-0.4, -0.2) is 18.8 Å². The van der Waals surface area contributed by atoms with Gasteiger partial charge in [0.15, 0.2) is 0 Å². The fraction of sp³-hybridized carbons (Fsp3) is 0.478. The molecule has 3 unspecified atom stereocenters. The summed E-state index contributed by atoms with van der Waals surface area (Å²) in [6, 6.07) is 8.21. The molecular weight excluding hydrogens is 421 g/mol. The lowest BCUT2D eigenvalue weighted by molar-refractivity contribution is -0.228. The molecule has 1 saturated heterocycles. The Hall–Kier alpha value is -1.66. The van der Waals surface area contributed by atoms with Gasteiger partial charge in [0.05, 0.1) is 0 Å². The zero-order chi connectivity index (χ0) is 23.5. The Morgan fingerprint density at radius 1 is 1.17 bits per heavy atom. The Bertz CT molecular complexity index is 1040. The maximum atomic E-state index is 14.6. The zero-order valence-electron chi connectivity index (χ0n) is 19.4. The highest BCUT2D eigenvalue weighted by Crippen LogP contribution is 2.48. The van der Waals surface area contributed by atoms with Crippen LogP contribution in [0.4, 0.5) is 22.0 Å². The first kappa shape index (κ1) is 19.1. The predicted molar refractivity (Wildman–Crippen MR) is 109 cm³/mol. The minimum absolute atomic E-state index is 0. The molecule has 1 aliphatic carbocycles. The highest BCUT2D eigenvalue weighted by molar-refractivity contribution is 5.85. The van der Waals surface area contributed by atoms with E-state index in [9.17, 15) is 22.0 Å². The number of fused-ring (bicyclic) bond motifs is 3. The van der Waals surface area contributed by atoms with E-state index in [1.165, 1.54) is 18.2 Å². The summed E-state index contributed by atoms with van der Waals surface area (Å²) >= 11 is 0. The van der Waals surface area contributed by atoms with Gasteiger partial charge < -0.3 is 5.32 Å². The van der Waals surface area contributed by atoms with Crippen LogP contribution in [0.3, 0.4) is 0 Å². The highest BCUT2D eigenvalue weighted by atomic mass is 35.5. The summed E-state index contributed by atoms with van der Waals surface area (Å²) in [4.78, 5) is 0. The normalized spacial score (nSPS) is 27.0. The van der Waals surface area contributed by atoms with Crippen molar-refractivity contribution in [2.45, 2.75) is 62.8 Å². The third-order valence-corrected chi connectivity index (χ3v) is 6.60. The second kappa shape index (κ2) is 7.79. The van der Waals surface area contributed by atoms with Crippen LogP contribution in [0.15, 0.2) is 36.4 Å². The molecule has 0 spiro atoms. The van der Waals surface area contributed by atoms with Gasteiger partial charge in [-0.05, 0) is 79.9 Å². The van der Waals surface area contributed by atoms with E-state index < -0.39 is 35.5 Å². The molecule has 1 fully saturated rings. The number of halogens is 6. The Balaban J connectivity index is 0.00000306. The molecule has 30 heavy (non-hydrogen) atoms. The van der Waals surface area contributed by atoms with E-state index >= 15 is 0 Å². The van der Waals surface area contributed by atoms with Gasteiger partial charge in [-0.2, -0.15) is 13.2 Å². The quantitative estimate of drug-likeness (QED) is 0.560. The van der Waals surface area contributed by atoms with Gasteiger partial charge in [0.25, 0.3) is 0 Å². The maximum Gasteiger partial charge on any atom is 0.426 e. The second-order valence-electron chi connectivity index (χ2n) is 8.32. The van der Waals surface area contributed by atoms with Gasteiger partial charge in [-0.1, -0.05) is 30.3 Å². The number of hydrogen-bond acceptors (Lipinski definition) is 1. The van der Waals surface area contributed by atoms with Crippen molar-refractivity contribution in [3.63, 3.8) is 0 Å². The van der Waals surface area contributed by atoms with Crippen molar-refractivity contribution in [3.05, 3.63) is 70.0 Å². The summed E-state index contributed by atoms with van der Waals surface area (Å²) in [6.07, 6.45) is -2.74. The fourth-order valence-corrected chi connectivity index (χ4v) is 4.94. The van der Waals surface area contributed by atoms with E-state index in [0.29, 0.717) is 50.3 Å². The van der Waals surface area contributed by atoms with Gasteiger partial charge in [0, 0.05) is 15.6 Å². The molecule has 0 aromatic heterocycles. The molecule has 1 aliphatic heterocycles. The lowest BCUT2D eigenvalue weighted by Crippen LogP contribution is -2.46. The zero-order valence-corrected chi connectivity index (χ0v) is 17.2. The van der Waals surface area contributed by atoms with Crippen LogP contribution in [0.1, 0.15) is 51.7 Å². The summed E-state index contributed by atoms with van der Waals surface area (Å²) in [5.74, 6) is -0.796. The SMILES string of the molecule is Cl.[2H]C([2H])([2H])c1cc(CC23CCNC2CCc2cc(C(C)(F)C(F)(F)F)ccc23)ccc1F. The average molecular weight is 449 g/mol. The molecular formula is C23H25ClF5N. The van der Waals surface area contributed by atoms with Crippen molar-refractivity contribution in [1.29, 1.82) is 0 Å². The molecule has 0 bridgehead atoms. The van der Waals surface area contributed by atoms with Gasteiger partial charge in [-0.15, -0.1) is 12.4 Å². The number of rotatable bonds is 3. The number of alkyl halides is 4. The number of aryl methyl sites for hydroxylation is 2. The first-order valence-electron chi connectivity index (χ1n) is 11.2. The minimum atomic E-state index is -5.02. The molecule has 2 aromatic carbocycles. The van der Waals surface area contributed by atoms with E-state index in [4.69, 9.17) is 4.11 Å². The van der Waals surface area contributed by atoms with Crippen LogP contribution in [-0.2, 0) is 23.9 Å². The fourth-order valence-electron chi connectivity index (χ4n) is 4.94. The van der Waals surface area contributed by atoms with E-state index in [0.717, 1.165) is 11.6 Å². The van der Waals surface area contributed by atoms with Crippen LogP contribution in [0.25, 0.3) is 0 Å². The van der Waals surface area contributed by atoms with E-state index in [-0.39, 0.29) is 24.0 Å². The monoisotopic (exact) mass is 448 g/mol. The smallest absolute Gasteiger partial charge is 0.313 e. The summed E-state index contributed by atoms with van der Waals surface area (Å²) in [5, 5.41) is 3.45. The Morgan fingerprint density at radius 3 is 2.63 bits per heavy atom. The summed E-state index contributed by atoms with van der Waals surface area (Å²) in [6.45, 7) is -1.36. The van der Waals surface area contributed by atoms with E-state index in [1.807, 2.05) is 0 Å². The minimum Gasteiger partial charge on any atom is -0.313 e. The lowest BCUT2D eigenvalue weighted by atomic mass is 9.63. The van der Waals surface area contributed by atoms with Crippen LogP contribution >= 0.6 is 12.4 Å². The molecule has 1 N–H and O–H groups in total. The summed E-state index contributed by atoms with van der Waals surface area (Å²) in [5.41, 5.74) is -2.54. The van der Waals surface area contributed by atoms with E-state index in [1.54, 1.807) is 12.1 Å². The van der Waals surface area contributed by atoms with Crippen LogP contribution in [0, 0.1) is 12.7 Å². The lowest BCUT2D eigenvalue weighted by Gasteiger charge is -2.42. The molecule has 2 aliphatic rings. The molecule has 164 valence electrons. The molecule has 4 rings (SSSR count). The third kappa shape index (κ3) is 3.62. The van der Waals surface area contributed by atoms with Gasteiger partial charge in [-0.3, -0.25) is 0 Å². The van der Waals surface area contributed by atoms with Crippen molar-refractivity contribution in [3.8, 4) is 0 Å². The largest absolute Gasteiger partial charge is 0.426 e. The Labute approximate surface area is 183 Å². The number of benzene rings is 2. The highest BCUT2D eigenvalue weighted by Gasteiger charge is 2.54. The molecule has 0 radical (unpaired) electrons. The molecule has 0 saturated carbocycles. The molecule has 0 amide bonds. The van der Waals surface area contributed by atoms with Gasteiger partial charge >= 0.3 is 6.18 Å². The summed E-state index contributed by atoms with van der Waals surface area (Å²) < 4.78 is 91.1. The van der Waals surface area contributed by atoms with Crippen molar-refractivity contribution >= 4 is 12.4 Å². The van der Waals surface area contributed by atoms with Crippen molar-refractivity contribution < 1.29 is 26.1 Å². The first-order chi connectivity index (χ1) is 14.8. The molecule has 1 heterocycles. The molecule has 3 atom stereocenters. The molecule has 1 nitrogen and oxygen atoms in total. The van der Waals surface area contributed by atoms with Gasteiger partial charge in [-0.25, -0.2) is 8.78 Å². The van der Waals surface area contributed by atoms with Crippen LogP contribution < -0.4 is 5.32 Å². The van der Waals surface area contributed by atoms with Crippen molar-refractivity contribution in [1.82, 2.24) is 5.32 Å². The van der Waals surface area contributed by atoms with Gasteiger partial charge in [0.1, 0.15) is 5.82 Å². The van der Waals surface area contributed by atoms with Crippen molar-refractivity contribution in [2.24, 2.45) is 0 Å². The topological polar surface area (TPSA) is 12.0 Å². The van der Waals surface area contributed by atoms with Crippen molar-refractivity contribution in [2.75, 3.05) is 6.54 Å². The summed E-state index contributed by atoms with van der Waals surface area (Å²) in [7, 11) is 0. The Morgan fingerprint density at radius 2 is 1.93 bits per heavy atom. The number of hydrogen-bond donors (Lipinski definition) is 1. The number of nitrogens with one attached hydrogen (secondary N) is 1. The van der Waals surface area contributed by atoms with Crippen LogP contribution in [0.2, 0.25) is 0 Å². The predicted octanol–water partition coefficient (Wildman–Crippen LogP) is 6.09. The third-order valence-electron chi connectivity index (χ3n) is 6.60. The van der Waals surface area contributed by atoms with E-state index in [2.05, 4.69) is 5.32 Å². The molecule has 7 heteroatoms. The Kier molecular flexibility index (Phi) is 4.95. The van der Waals surface area contributed by atoms with Crippen LogP contribution in [0.5, 0.6) is 0 Å². The molecule has 2 aromatic rings. The standard InChI is InChI=1S/C23H24F5N.ClH/c1-14-11-15(3-7-19(14)24)13-22-9-10-29-20(22)8-4-16-12-17(5-6-18(16)22)21(2,25)23(26,27)28;/h3,5-7,11-12,20,29H,4,8-10,13H2,1-2H3;1H/i1D3;. The average Bonchev–Trinajstić information content (AvgIpc) is 3.11. The maximum absolute atomic E-state index is 14.6. The first-order valence-corrected chi connectivity index (χ1v) is 9.67. The second-order valence-corrected chi connectivity index (χ2v) is 8.32.